The molecule has 0 aliphatic carbocycles. The molecule has 4 rings (SSSR count). The Kier molecular flexibility index (Phi) is 6.32. The van der Waals surface area contributed by atoms with Crippen molar-refractivity contribution in [3.63, 3.8) is 0 Å². The zero-order chi connectivity index (χ0) is 20.1. The molecule has 0 unspecified atom stereocenters. The van der Waals surface area contributed by atoms with Crippen molar-refractivity contribution in [3.8, 4) is 0 Å². The van der Waals surface area contributed by atoms with E-state index in [-0.39, 0.29) is 0 Å². The van der Waals surface area contributed by atoms with E-state index in [1.54, 1.807) is 9.80 Å². The van der Waals surface area contributed by atoms with Crippen LogP contribution in [0.5, 0.6) is 0 Å². The molecule has 0 saturated carbocycles. The van der Waals surface area contributed by atoms with Crippen LogP contribution < -0.4 is 9.80 Å². The van der Waals surface area contributed by atoms with Crippen molar-refractivity contribution in [2.75, 3.05) is 26.2 Å². The van der Waals surface area contributed by atoms with Crippen LogP contribution in [0, 0.1) is 5.92 Å². The topological polar surface area (TPSA) is 52.5 Å². The van der Waals surface area contributed by atoms with Gasteiger partial charge < -0.3 is 4.90 Å². The van der Waals surface area contributed by atoms with Crippen LogP contribution in [-0.2, 0) is 13.0 Å². The fraction of sp³-hybridized carbons (Fsp3) is 0.435. The molecule has 1 aliphatic rings. The normalized spacial score (nSPS) is 20.7. The van der Waals surface area contributed by atoms with Crippen LogP contribution in [0.15, 0.2) is 60.7 Å². The summed E-state index contributed by atoms with van der Waals surface area (Å²) < 4.78 is 2.03. The zero-order valence-corrected chi connectivity index (χ0v) is 17.5. The molecule has 6 heteroatoms. The molecule has 1 aliphatic heterocycles. The van der Waals surface area contributed by atoms with E-state index in [0.717, 1.165) is 45.0 Å². The smallest absolute Gasteiger partial charge is 0.209 e. The number of rotatable bonds is 7. The summed E-state index contributed by atoms with van der Waals surface area (Å²) >= 11 is 0. The van der Waals surface area contributed by atoms with Crippen LogP contribution in [0.25, 0.3) is 0 Å². The molecular weight excluding hydrogens is 360 g/mol. The lowest BCUT2D eigenvalue weighted by Gasteiger charge is -2.35. The van der Waals surface area contributed by atoms with E-state index in [9.17, 15) is 0 Å². The average molecular weight is 393 g/mol. The molecule has 3 aromatic rings. The summed E-state index contributed by atoms with van der Waals surface area (Å²) in [5, 5.41) is 12.8. The summed E-state index contributed by atoms with van der Waals surface area (Å²) in [4.78, 5) is 3.19. The van der Waals surface area contributed by atoms with Gasteiger partial charge in [-0.05, 0) is 34.5 Å². The highest BCUT2D eigenvalue weighted by Gasteiger charge is 2.36. The lowest BCUT2D eigenvalue weighted by molar-refractivity contribution is -1.01. The maximum atomic E-state index is 4.48. The predicted octanol–water partition coefficient (Wildman–Crippen LogP) is 0.728. The van der Waals surface area contributed by atoms with Gasteiger partial charge in [-0.25, -0.2) is 4.68 Å². The van der Waals surface area contributed by atoms with Gasteiger partial charge in [0.15, 0.2) is 6.04 Å². The molecule has 1 fully saturated rings. The molecule has 6 nitrogen and oxygen atoms in total. The Morgan fingerprint density at radius 2 is 1.55 bits per heavy atom. The first-order valence-corrected chi connectivity index (χ1v) is 10.8. The number of aromatic nitrogens is 4. The Bertz CT molecular complexity index is 869. The molecule has 29 heavy (non-hydrogen) atoms. The van der Waals surface area contributed by atoms with Crippen molar-refractivity contribution >= 4 is 5.69 Å². The Morgan fingerprint density at radius 3 is 2.21 bits per heavy atom. The number of benzene rings is 2. The third-order valence-corrected chi connectivity index (χ3v) is 6.08. The number of nitrogens with zero attached hydrogens (tertiary/aromatic N) is 4. The molecule has 1 aromatic heterocycles. The van der Waals surface area contributed by atoms with E-state index in [2.05, 4.69) is 90.0 Å². The zero-order valence-electron chi connectivity index (χ0n) is 17.5. The quantitative estimate of drug-likeness (QED) is 0.623. The van der Waals surface area contributed by atoms with E-state index < -0.39 is 0 Å². The fourth-order valence-electron chi connectivity index (χ4n) is 4.57. The summed E-state index contributed by atoms with van der Waals surface area (Å²) in [6.07, 6.45) is 0.949. The molecule has 1 atom stereocenters. The molecule has 1 saturated heterocycles. The second-order valence-electron chi connectivity index (χ2n) is 8.35. The van der Waals surface area contributed by atoms with Crippen LogP contribution in [0.2, 0.25) is 0 Å². The third kappa shape index (κ3) is 4.71. The fourth-order valence-corrected chi connectivity index (χ4v) is 4.57. The van der Waals surface area contributed by atoms with E-state index in [1.807, 2.05) is 4.68 Å². The summed E-state index contributed by atoms with van der Waals surface area (Å²) in [7, 11) is 0. The minimum absolute atomic E-state index is 0.332. The van der Waals surface area contributed by atoms with Crippen molar-refractivity contribution in [1.82, 2.24) is 20.2 Å². The number of nitrogens with one attached hydrogen (secondary N) is 2. The first kappa shape index (κ1) is 19.7. The van der Waals surface area contributed by atoms with Gasteiger partial charge in [0.05, 0.1) is 0 Å². The lowest BCUT2D eigenvalue weighted by Crippen LogP contribution is -3.26. The second-order valence-corrected chi connectivity index (χ2v) is 8.35. The lowest BCUT2D eigenvalue weighted by atomic mass is 10.0. The van der Waals surface area contributed by atoms with Gasteiger partial charge in [-0.2, -0.15) is 0 Å². The highest BCUT2D eigenvalue weighted by Crippen LogP contribution is 2.16. The van der Waals surface area contributed by atoms with Gasteiger partial charge in [-0.3, -0.25) is 4.90 Å². The summed E-state index contributed by atoms with van der Waals surface area (Å²) in [5.74, 6) is 1.53. The van der Waals surface area contributed by atoms with E-state index in [0.29, 0.717) is 12.0 Å². The Hall–Kier alpha value is -2.57. The molecule has 2 heterocycles. The van der Waals surface area contributed by atoms with Crippen LogP contribution in [0.4, 0.5) is 5.69 Å². The molecule has 0 bridgehead atoms. The van der Waals surface area contributed by atoms with Crippen molar-refractivity contribution in [2.45, 2.75) is 32.9 Å². The Labute approximate surface area is 173 Å². The van der Waals surface area contributed by atoms with Gasteiger partial charge >= 0.3 is 0 Å². The number of aryl methyl sites for hydroxylation is 2. The van der Waals surface area contributed by atoms with E-state index in [4.69, 9.17) is 0 Å². The number of piperazine rings is 1. The second kappa shape index (κ2) is 9.29. The highest BCUT2D eigenvalue weighted by molar-refractivity contribution is 5.27. The third-order valence-electron chi connectivity index (χ3n) is 6.08. The van der Waals surface area contributed by atoms with Crippen molar-refractivity contribution in [1.29, 1.82) is 0 Å². The van der Waals surface area contributed by atoms with Gasteiger partial charge in [-0.15, -0.1) is 5.10 Å². The number of quaternary nitrogens is 2. The highest BCUT2D eigenvalue weighted by atomic mass is 15.6. The van der Waals surface area contributed by atoms with Crippen LogP contribution in [-0.4, -0.2) is 46.4 Å². The Balaban J connectivity index is 1.44. The number of hydrogen-bond donors (Lipinski definition) is 2. The van der Waals surface area contributed by atoms with Gasteiger partial charge in [0.2, 0.25) is 5.82 Å². The van der Waals surface area contributed by atoms with Crippen molar-refractivity contribution in [3.05, 3.63) is 72.1 Å². The van der Waals surface area contributed by atoms with Crippen molar-refractivity contribution < 1.29 is 9.80 Å². The first-order chi connectivity index (χ1) is 14.2. The summed E-state index contributed by atoms with van der Waals surface area (Å²) in [5.41, 5.74) is 2.72. The van der Waals surface area contributed by atoms with Crippen molar-refractivity contribution in [2.24, 2.45) is 5.92 Å². The molecule has 152 valence electrons. The molecular formula is C23H32N6+2. The molecule has 2 N–H and O–H groups in total. The molecule has 0 amide bonds. The minimum atomic E-state index is 0.332. The summed E-state index contributed by atoms with van der Waals surface area (Å²) in [6.45, 7) is 9.98. The number of tetrazole rings is 1. The molecule has 0 radical (unpaired) electrons. The SMILES string of the molecule is CC(C)[C@@H](c1nnnn1CCc1ccccc1)[NH+]1CC[NH+](c2ccccc2)CC1. The molecule has 2 aromatic carbocycles. The largest absolute Gasteiger partial charge is 0.317 e. The monoisotopic (exact) mass is 392 g/mol. The minimum Gasteiger partial charge on any atom is -0.317 e. The maximum absolute atomic E-state index is 4.48. The van der Waals surface area contributed by atoms with Crippen LogP contribution >= 0.6 is 0 Å². The predicted molar refractivity (Wildman–Crippen MR) is 113 cm³/mol. The van der Waals surface area contributed by atoms with Gasteiger partial charge in [0.1, 0.15) is 31.9 Å². The van der Waals surface area contributed by atoms with Gasteiger partial charge in [0, 0.05) is 12.5 Å². The van der Waals surface area contributed by atoms with Crippen LogP contribution in [0.3, 0.4) is 0 Å². The van der Waals surface area contributed by atoms with Crippen LogP contribution in [0.1, 0.15) is 31.3 Å². The summed E-state index contributed by atoms with van der Waals surface area (Å²) in [6, 6.07) is 21.7. The molecule has 0 spiro atoms. The maximum Gasteiger partial charge on any atom is 0.209 e. The van der Waals surface area contributed by atoms with E-state index >= 15 is 0 Å². The average Bonchev–Trinajstić information content (AvgIpc) is 3.22. The van der Waals surface area contributed by atoms with E-state index in [1.165, 1.54) is 11.3 Å². The number of para-hydroxylation sites is 1. The standard InChI is InChI=1S/C23H30N6/c1-19(2)22(28-17-15-27(16-18-28)21-11-7-4-8-12-21)23-24-25-26-29(23)14-13-20-9-5-3-6-10-20/h3-12,19,22H,13-18H2,1-2H3/p+2/t22-/m0/s1. The van der Waals surface area contributed by atoms with Gasteiger partial charge in [-0.1, -0.05) is 62.4 Å². The van der Waals surface area contributed by atoms with Gasteiger partial charge in [0.25, 0.3) is 0 Å². The first-order valence-electron chi connectivity index (χ1n) is 10.8. The number of hydrogen-bond acceptors (Lipinski definition) is 3. The Morgan fingerprint density at radius 1 is 0.897 bits per heavy atom.